The number of quaternary nitrogens is 1. The van der Waals surface area contributed by atoms with Crippen LogP contribution >= 0.6 is 0 Å². The molecular weight excluding hydrogens is 404 g/mol. The summed E-state index contributed by atoms with van der Waals surface area (Å²) in [6.45, 7) is 6.04. The van der Waals surface area contributed by atoms with E-state index in [0.29, 0.717) is 18.0 Å². The lowest BCUT2D eigenvalue weighted by Gasteiger charge is -2.26. The van der Waals surface area contributed by atoms with Crippen molar-refractivity contribution in [3.63, 3.8) is 0 Å². The highest BCUT2D eigenvalue weighted by atomic mass is 32.2. The highest BCUT2D eigenvalue weighted by molar-refractivity contribution is 7.89. The molecule has 4 nitrogen and oxygen atoms in total. The topological polar surface area (TPSA) is 37.4 Å². The van der Waals surface area contributed by atoms with Crippen LogP contribution in [0.25, 0.3) is 10.8 Å². The van der Waals surface area contributed by atoms with Gasteiger partial charge in [0.1, 0.15) is 0 Å². The van der Waals surface area contributed by atoms with E-state index in [9.17, 15) is 8.42 Å². The zero-order valence-electron chi connectivity index (χ0n) is 19.4. The Balaban J connectivity index is 1.90. The number of aryl methyl sites for hydroxylation is 2. The van der Waals surface area contributed by atoms with Crippen molar-refractivity contribution in [3.8, 4) is 0 Å². The number of benzene rings is 3. The first kappa shape index (κ1) is 23.5. The first-order chi connectivity index (χ1) is 14.5. The summed E-state index contributed by atoms with van der Waals surface area (Å²) in [5.74, 6) is 0. The van der Waals surface area contributed by atoms with E-state index in [0.717, 1.165) is 51.3 Å². The van der Waals surface area contributed by atoms with Crippen molar-refractivity contribution in [2.24, 2.45) is 0 Å². The standard InChI is InChI=1S/C26H35N2O2S/c1-21-16-22(2)18-23(17-21)20-27(14-8-9-15-28(3,4)5)31(29,30)26-13-12-24-10-6-7-11-25(24)19-26/h6-7,10-13,16-19H,8-9,14-15,20H2,1-5H3/q+1. The second kappa shape index (κ2) is 9.51. The molecule has 0 radical (unpaired) electrons. The number of hydrogen-bond acceptors (Lipinski definition) is 2. The Morgan fingerprint density at radius 3 is 2.10 bits per heavy atom. The van der Waals surface area contributed by atoms with Crippen LogP contribution in [-0.4, -0.2) is 51.4 Å². The summed E-state index contributed by atoms with van der Waals surface area (Å²) in [6, 6.07) is 19.6. The average molecular weight is 440 g/mol. The predicted octanol–water partition coefficient (Wildman–Crippen LogP) is 5.13. The van der Waals surface area contributed by atoms with Crippen LogP contribution in [0.5, 0.6) is 0 Å². The quantitative estimate of drug-likeness (QED) is 0.342. The van der Waals surface area contributed by atoms with Crippen LogP contribution in [0.15, 0.2) is 65.6 Å². The van der Waals surface area contributed by atoms with Gasteiger partial charge in [-0.25, -0.2) is 8.42 Å². The molecule has 0 aliphatic carbocycles. The molecule has 0 spiro atoms. The Hall–Kier alpha value is -2.21. The van der Waals surface area contributed by atoms with Gasteiger partial charge in [-0.1, -0.05) is 59.7 Å². The maximum absolute atomic E-state index is 13.7. The van der Waals surface area contributed by atoms with Gasteiger partial charge in [-0.2, -0.15) is 4.31 Å². The minimum atomic E-state index is -3.60. The van der Waals surface area contributed by atoms with Crippen LogP contribution in [0, 0.1) is 13.8 Å². The van der Waals surface area contributed by atoms with Gasteiger partial charge in [0.15, 0.2) is 0 Å². The summed E-state index contributed by atoms with van der Waals surface area (Å²) in [7, 11) is 2.89. The van der Waals surface area contributed by atoms with Crippen LogP contribution in [-0.2, 0) is 16.6 Å². The summed E-state index contributed by atoms with van der Waals surface area (Å²) in [5.41, 5.74) is 3.35. The van der Waals surface area contributed by atoms with Crippen LogP contribution in [0.2, 0.25) is 0 Å². The van der Waals surface area contributed by atoms with Crippen molar-refractivity contribution >= 4 is 20.8 Å². The van der Waals surface area contributed by atoms with Gasteiger partial charge in [-0.05, 0) is 55.2 Å². The van der Waals surface area contributed by atoms with Crippen molar-refractivity contribution in [1.29, 1.82) is 0 Å². The predicted molar refractivity (Wildman–Crippen MR) is 130 cm³/mol. The van der Waals surface area contributed by atoms with Crippen molar-refractivity contribution < 1.29 is 12.9 Å². The normalized spacial score (nSPS) is 12.6. The molecule has 0 aliphatic heterocycles. The lowest BCUT2D eigenvalue weighted by Crippen LogP contribution is -2.36. The monoisotopic (exact) mass is 439 g/mol. The highest BCUT2D eigenvalue weighted by Gasteiger charge is 2.25. The number of fused-ring (bicyclic) bond motifs is 1. The van der Waals surface area contributed by atoms with Crippen LogP contribution < -0.4 is 0 Å². The number of unbranched alkanes of at least 4 members (excludes halogenated alkanes) is 1. The van der Waals surface area contributed by atoms with Gasteiger partial charge in [-0.3, -0.25) is 0 Å². The molecule has 0 fully saturated rings. The molecule has 31 heavy (non-hydrogen) atoms. The van der Waals surface area contributed by atoms with Crippen LogP contribution in [0.3, 0.4) is 0 Å². The third-order valence-electron chi connectivity index (χ3n) is 5.49. The van der Waals surface area contributed by atoms with E-state index in [2.05, 4.69) is 53.2 Å². The smallest absolute Gasteiger partial charge is 0.243 e. The lowest BCUT2D eigenvalue weighted by molar-refractivity contribution is -0.870. The highest BCUT2D eigenvalue weighted by Crippen LogP contribution is 2.24. The molecule has 0 unspecified atom stereocenters. The maximum Gasteiger partial charge on any atom is 0.243 e. The van der Waals surface area contributed by atoms with E-state index >= 15 is 0 Å². The average Bonchev–Trinajstić information content (AvgIpc) is 2.68. The zero-order valence-corrected chi connectivity index (χ0v) is 20.2. The molecule has 5 heteroatoms. The van der Waals surface area contributed by atoms with E-state index in [1.807, 2.05) is 30.3 Å². The lowest BCUT2D eigenvalue weighted by atomic mass is 10.1. The maximum atomic E-state index is 13.7. The third-order valence-corrected chi connectivity index (χ3v) is 7.33. The van der Waals surface area contributed by atoms with Crippen molar-refractivity contribution in [2.45, 2.75) is 38.1 Å². The molecule has 3 aromatic carbocycles. The van der Waals surface area contributed by atoms with Crippen molar-refractivity contribution in [1.82, 2.24) is 4.31 Å². The van der Waals surface area contributed by atoms with Gasteiger partial charge in [0.05, 0.1) is 32.6 Å². The Bertz CT molecular complexity index is 1130. The van der Waals surface area contributed by atoms with Gasteiger partial charge in [-0.15, -0.1) is 0 Å². The van der Waals surface area contributed by atoms with E-state index in [4.69, 9.17) is 0 Å². The Morgan fingerprint density at radius 1 is 0.806 bits per heavy atom. The molecule has 0 atom stereocenters. The fraction of sp³-hybridized carbons (Fsp3) is 0.385. The Kier molecular flexibility index (Phi) is 7.20. The molecule has 3 rings (SSSR count). The van der Waals surface area contributed by atoms with Gasteiger partial charge in [0, 0.05) is 13.1 Å². The van der Waals surface area contributed by atoms with Gasteiger partial charge < -0.3 is 4.48 Å². The summed E-state index contributed by atoms with van der Waals surface area (Å²) in [5, 5.41) is 1.99. The second-order valence-corrected chi connectivity index (χ2v) is 11.5. The molecule has 0 saturated heterocycles. The second-order valence-electron chi connectivity index (χ2n) is 9.56. The molecule has 0 bridgehead atoms. The largest absolute Gasteiger partial charge is 0.331 e. The van der Waals surface area contributed by atoms with Crippen LogP contribution in [0.1, 0.15) is 29.5 Å². The molecule has 166 valence electrons. The van der Waals surface area contributed by atoms with E-state index in [1.54, 1.807) is 16.4 Å². The zero-order chi connectivity index (χ0) is 22.6. The molecule has 0 aliphatic rings. The minimum absolute atomic E-state index is 0.363. The molecule has 0 aromatic heterocycles. The minimum Gasteiger partial charge on any atom is -0.331 e. The summed E-state index contributed by atoms with van der Waals surface area (Å²) < 4.78 is 29.9. The molecule has 3 aromatic rings. The molecule has 0 amide bonds. The number of nitrogens with zero attached hydrogens (tertiary/aromatic N) is 2. The van der Waals surface area contributed by atoms with Crippen LogP contribution in [0.4, 0.5) is 0 Å². The fourth-order valence-electron chi connectivity index (χ4n) is 4.00. The number of hydrogen-bond donors (Lipinski definition) is 0. The number of rotatable bonds is 9. The fourth-order valence-corrected chi connectivity index (χ4v) is 5.50. The van der Waals surface area contributed by atoms with E-state index in [1.165, 1.54) is 0 Å². The summed E-state index contributed by atoms with van der Waals surface area (Å²) in [4.78, 5) is 0.363. The first-order valence-electron chi connectivity index (χ1n) is 10.9. The Labute approximate surface area is 187 Å². The first-order valence-corrected chi connectivity index (χ1v) is 12.4. The van der Waals surface area contributed by atoms with E-state index in [-0.39, 0.29) is 0 Å². The number of sulfonamides is 1. The molecule has 0 saturated carbocycles. The molecular formula is C26H35N2O2S+. The van der Waals surface area contributed by atoms with Gasteiger partial charge >= 0.3 is 0 Å². The van der Waals surface area contributed by atoms with Crippen molar-refractivity contribution in [3.05, 3.63) is 77.4 Å². The summed E-state index contributed by atoms with van der Waals surface area (Å²) in [6.07, 6.45) is 1.83. The Morgan fingerprint density at radius 2 is 1.45 bits per heavy atom. The summed E-state index contributed by atoms with van der Waals surface area (Å²) >= 11 is 0. The third kappa shape index (κ3) is 6.39. The molecule has 0 heterocycles. The van der Waals surface area contributed by atoms with E-state index < -0.39 is 10.0 Å². The molecule has 0 N–H and O–H groups in total. The van der Waals surface area contributed by atoms with Gasteiger partial charge in [0.25, 0.3) is 0 Å². The van der Waals surface area contributed by atoms with Crippen molar-refractivity contribution in [2.75, 3.05) is 34.2 Å². The SMILES string of the molecule is Cc1cc(C)cc(CN(CCCC[N+](C)(C)C)S(=O)(=O)c2ccc3ccccc3c2)c1. The van der Waals surface area contributed by atoms with Gasteiger partial charge in [0.2, 0.25) is 10.0 Å².